The number of hydrogen-bond acceptors (Lipinski definition) is 2. The van der Waals surface area contributed by atoms with Gasteiger partial charge in [0, 0.05) is 13.3 Å². The van der Waals surface area contributed by atoms with E-state index >= 15 is 0 Å². The fraction of sp³-hybridized carbons (Fsp3) is 0.840. The molecule has 28 heavy (non-hydrogen) atoms. The molecule has 3 unspecified atom stereocenters. The zero-order valence-corrected chi connectivity index (χ0v) is 19.2. The predicted molar refractivity (Wildman–Crippen MR) is 123 cm³/mol. The van der Waals surface area contributed by atoms with E-state index in [1.54, 1.807) is 0 Å². The summed E-state index contributed by atoms with van der Waals surface area (Å²) in [6, 6.07) is 0. The lowest BCUT2D eigenvalue weighted by molar-refractivity contribution is -0.942. The minimum Gasteiger partial charge on any atom is -0.345 e. The second kappa shape index (κ2) is 16.0. The monoisotopic (exact) mass is 393 g/mol. The van der Waals surface area contributed by atoms with Gasteiger partial charge in [0.25, 0.3) is 0 Å². The Kier molecular flexibility index (Phi) is 14.5. The molecule has 0 fully saturated rings. The van der Waals surface area contributed by atoms with Gasteiger partial charge >= 0.3 is 0 Å². The van der Waals surface area contributed by atoms with Gasteiger partial charge in [-0.1, -0.05) is 82.8 Å². The van der Waals surface area contributed by atoms with Gasteiger partial charge in [-0.05, 0) is 33.1 Å². The summed E-state index contributed by atoms with van der Waals surface area (Å²) in [6.45, 7) is 7.14. The largest absolute Gasteiger partial charge is 0.345 e. The van der Waals surface area contributed by atoms with Crippen LogP contribution < -0.4 is 5.32 Å². The summed E-state index contributed by atoms with van der Waals surface area (Å²) in [7, 11) is 0. The molecule has 0 amide bonds. The lowest BCUT2D eigenvalue weighted by atomic mass is 10.0. The first-order valence-electron chi connectivity index (χ1n) is 12.3. The van der Waals surface area contributed by atoms with Crippen molar-refractivity contribution in [2.24, 2.45) is 0 Å². The highest BCUT2D eigenvalue weighted by Gasteiger charge is 2.40. The molecule has 1 rings (SSSR count). The fourth-order valence-corrected chi connectivity index (χ4v) is 4.55. The maximum absolute atomic E-state index is 10.2. The van der Waals surface area contributed by atoms with Crippen LogP contribution in [0, 0.1) is 0 Å². The first-order valence-corrected chi connectivity index (χ1v) is 12.3. The topological polar surface area (TPSA) is 32.3 Å². The average Bonchev–Trinajstić information content (AvgIpc) is 3.12. The number of allylic oxidation sites excluding steroid dienone is 2. The molecule has 0 aliphatic carbocycles. The van der Waals surface area contributed by atoms with Crippen molar-refractivity contribution in [3.63, 3.8) is 0 Å². The minimum atomic E-state index is -0.334. The van der Waals surface area contributed by atoms with Crippen molar-refractivity contribution in [3.8, 4) is 0 Å². The summed E-state index contributed by atoms with van der Waals surface area (Å²) in [4.78, 5) is 0. The highest BCUT2D eigenvalue weighted by Crippen LogP contribution is 2.26. The quantitative estimate of drug-likeness (QED) is 0.149. The number of quaternary nitrogens is 1. The third-order valence-corrected chi connectivity index (χ3v) is 6.55. The molecule has 0 aromatic carbocycles. The number of aliphatic hydroxyl groups is 1. The van der Waals surface area contributed by atoms with Crippen LogP contribution in [-0.4, -0.2) is 28.5 Å². The van der Waals surface area contributed by atoms with Gasteiger partial charge in [-0.2, -0.15) is 0 Å². The third kappa shape index (κ3) is 9.60. The zero-order valence-electron chi connectivity index (χ0n) is 19.2. The molecule has 2 N–H and O–H groups in total. The average molecular weight is 394 g/mol. The van der Waals surface area contributed by atoms with Crippen LogP contribution in [0.2, 0.25) is 0 Å². The number of unbranched alkanes of at least 4 members (excludes halogenated alkanes) is 13. The van der Waals surface area contributed by atoms with Gasteiger partial charge in [-0.25, -0.2) is 0 Å². The second-order valence-electron chi connectivity index (χ2n) is 8.68. The van der Waals surface area contributed by atoms with E-state index in [2.05, 4.69) is 37.5 Å². The number of nitrogens with zero attached hydrogens (tertiary/aromatic N) is 1. The van der Waals surface area contributed by atoms with E-state index in [1.165, 1.54) is 89.9 Å². The van der Waals surface area contributed by atoms with Gasteiger partial charge in [-0.3, -0.25) is 4.48 Å². The lowest BCUT2D eigenvalue weighted by Gasteiger charge is -2.39. The second-order valence-corrected chi connectivity index (χ2v) is 8.68. The standard InChI is InChI=1S/C25H49N2O/c1-4-6-7-8-9-10-11-12-13-14-15-16-17-18-19-20-21-25-26-22-23-27(25,5-2)24(3)28/h4,6,22-26,28H,5,7-21H2,1-3H3/q+1/b6-4+. The summed E-state index contributed by atoms with van der Waals surface area (Å²) in [5.74, 6) is 0. The van der Waals surface area contributed by atoms with Gasteiger partial charge in [0.05, 0.1) is 12.7 Å². The Labute approximate surface area is 175 Å². The molecule has 1 aliphatic heterocycles. The van der Waals surface area contributed by atoms with Crippen LogP contribution in [0.1, 0.15) is 117 Å². The Balaban J connectivity index is 1.87. The molecular weight excluding hydrogens is 344 g/mol. The molecule has 0 bridgehead atoms. The number of aliphatic hydroxyl groups excluding tert-OH is 1. The summed E-state index contributed by atoms with van der Waals surface area (Å²) in [5.41, 5.74) is 0. The molecular formula is C25H49N2O+. The highest BCUT2D eigenvalue weighted by molar-refractivity contribution is 4.84. The summed E-state index contributed by atoms with van der Waals surface area (Å²) in [6.07, 6.45) is 29.2. The highest BCUT2D eigenvalue weighted by atomic mass is 16.3. The smallest absolute Gasteiger partial charge is 0.193 e. The van der Waals surface area contributed by atoms with Gasteiger partial charge < -0.3 is 10.4 Å². The first kappa shape index (κ1) is 25.2. The van der Waals surface area contributed by atoms with Crippen molar-refractivity contribution in [1.29, 1.82) is 0 Å². The first-order chi connectivity index (χ1) is 13.7. The van der Waals surface area contributed by atoms with Crippen molar-refractivity contribution in [2.75, 3.05) is 6.54 Å². The molecule has 0 aromatic rings. The number of hydrogen-bond donors (Lipinski definition) is 2. The molecule has 0 aromatic heterocycles. The van der Waals surface area contributed by atoms with E-state index in [0.717, 1.165) is 13.0 Å². The van der Waals surface area contributed by atoms with E-state index in [4.69, 9.17) is 0 Å². The molecule has 1 heterocycles. The van der Waals surface area contributed by atoms with Crippen LogP contribution in [-0.2, 0) is 0 Å². The maximum atomic E-state index is 10.2. The fourth-order valence-electron chi connectivity index (χ4n) is 4.55. The predicted octanol–water partition coefficient (Wildman–Crippen LogP) is 6.99. The van der Waals surface area contributed by atoms with E-state index in [9.17, 15) is 5.11 Å². The SMILES string of the molecule is C/C=C/CCCCCCCCCCCCCCCC1NC=C[N+]1(CC)C(C)O. The van der Waals surface area contributed by atoms with E-state index < -0.39 is 0 Å². The van der Waals surface area contributed by atoms with Crippen LogP contribution >= 0.6 is 0 Å². The molecule has 1 aliphatic rings. The van der Waals surface area contributed by atoms with Gasteiger partial charge in [0.1, 0.15) is 6.20 Å². The number of rotatable bonds is 18. The molecule has 3 heteroatoms. The molecule has 3 atom stereocenters. The van der Waals surface area contributed by atoms with Crippen molar-refractivity contribution in [3.05, 3.63) is 24.6 Å². The van der Waals surface area contributed by atoms with E-state index in [1.807, 2.05) is 13.1 Å². The molecule has 0 saturated carbocycles. The lowest BCUT2D eigenvalue weighted by Crippen LogP contribution is -2.57. The van der Waals surface area contributed by atoms with Crippen LogP contribution in [0.15, 0.2) is 24.6 Å². The zero-order chi connectivity index (χ0) is 20.5. The van der Waals surface area contributed by atoms with Gasteiger partial charge in [0.2, 0.25) is 0 Å². The van der Waals surface area contributed by atoms with Crippen molar-refractivity contribution in [1.82, 2.24) is 5.32 Å². The molecule has 0 radical (unpaired) electrons. The minimum absolute atomic E-state index is 0.334. The summed E-state index contributed by atoms with van der Waals surface area (Å²) in [5, 5.41) is 13.6. The Morgan fingerprint density at radius 1 is 0.893 bits per heavy atom. The summed E-state index contributed by atoms with van der Waals surface area (Å²) >= 11 is 0. The van der Waals surface area contributed by atoms with Crippen LogP contribution in [0.5, 0.6) is 0 Å². The Morgan fingerprint density at radius 2 is 1.39 bits per heavy atom. The van der Waals surface area contributed by atoms with E-state index in [0.29, 0.717) is 10.6 Å². The van der Waals surface area contributed by atoms with Crippen molar-refractivity contribution >= 4 is 0 Å². The van der Waals surface area contributed by atoms with Crippen molar-refractivity contribution in [2.45, 2.75) is 129 Å². The van der Waals surface area contributed by atoms with Crippen LogP contribution in [0.3, 0.4) is 0 Å². The van der Waals surface area contributed by atoms with E-state index in [-0.39, 0.29) is 6.23 Å². The van der Waals surface area contributed by atoms with Crippen LogP contribution in [0.25, 0.3) is 0 Å². The van der Waals surface area contributed by atoms with Crippen molar-refractivity contribution < 1.29 is 9.59 Å². The number of nitrogens with one attached hydrogen (secondary N) is 1. The maximum Gasteiger partial charge on any atom is 0.193 e. The Hall–Kier alpha value is -0.800. The molecule has 3 nitrogen and oxygen atoms in total. The normalized spacial score (nSPS) is 22.8. The third-order valence-electron chi connectivity index (χ3n) is 6.55. The Morgan fingerprint density at radius 3 is 1.86 bits per heavy atom. The van der Waals surface area contributed by atoms with Gasteiger partial charge in [0.15, 0.2) is 12.4 Å². The molecule has 164 valence electrons. The summed E-state index contributed by atoms with van der Waals surface area (Å²) < 4.78 is 0.676. The molecule has 0 spiro atoms. The van der Waals surface area contributed by atoms with Gasteiger partial charge in [-0.15, -0.1) is 0 Å². The molecule has 0 saturated heterocycles. The Bertz CT molecular complexity index is 419. The van der Waals surface area contributed by atoms with Crippen LogP contribution in [0.4, 0.5) is 0 Å².